The van der Waals surface area contributed by atoms with Crippen molar-refractivity contribution in [2.24, 2.45) is 0 Å². The molecule has 0 spiro atoms. The van der Waals surface area contributed by atoms with Gasteiger partial charge < -0.3 is 5.32 Å². The van der Waals surface area contributed by atoms with Crippen molar-refractivity contribution in [3.63, 3.8) is 0 Å². The highest BCUT2D eigenvalue weighted by Gasteiger charge is 2.27. The molecule has 1 N–H and O–H groups in total. The second-order valence-electron chi connectivity index (χ2n) is 5.69. The molecule has 1 aliphatic rings. The van der Waals surface area contributed by atoms with E-state index < -0.39 is 15.9 Å². The molecule has 25 heavy (non-hydrogen) atoms. The summed E-state index contributed by atoms with van der Waals surface area (Å²) in [5.74, 6) is -0.453. The molecular weight excluding hydrogens is 383 g/mol. The third-order valence-electron chi connectivity index (χ3n) is 4.00. The maximum atomic E-state index is 12.5. The molecule has 1 heterocycles. The van der Waals surface area contributed by atoms with Crippen molar-refractivity contribution >= 4 is 44.8 Å². The first-order chi connectivity index (χ1) is 11.9. The summed E-state index contributed by atoms with van der Waals surface area (Å²) >= 11 is 12.0. The number of rotatable bonds is 4. The highest BCUT2D eigenvalue weighted by molar-refractivity contribution is 7.89. The van der Waals surface area contributed by atoms with Crippen molar-refractivity contribution in [3.8, 4) is 0 Å². The lowest BCUT2D eigenvalue weighted by Crippen LogP contribution is -2.27. The van der Waals surface area contributed by atoms with Crippen LogP contribution in [0.4, 0.5) is 5.69 Å². The predicted octanol–water partition coefficient (Wildman–Crippen LogP) is 4.03. The second-order valence-corrected chi connectivity index (χ2v) is 8.44. The maximum Gasteiger partial charge on any atom is 0.258 e. The Bertz CT molecular complexity index is 872. The fraction of sp³-hybridized carbons (Fsp3) is 0.235. The van der Waals surface area contributed by atoms with Gasteiger partial charge in [0.1, 0.15) is 0 Å². The molecule has 0 aromatic heterocycles. The van der Waals surface area contributed by atoms with Gasteiger partial charge in [-0.15, -0.1) is 0 Å². The van der Waals surface area contributed by atoms with Gasteiger partial charge in [0.25, 0.3) is 5.91 Å². The first-order valence-electron chi connectivity index (χ1n) is 7.75. The minimum atomic E-state index is -3.47. The van der Waals surface area contributed by atoms with Crippen LogP contribution in [0.2, 0.25) is 10.0 Å². The average molecular weight is 399 g/mol. The number of halogens is 2. The summed E-state index contributed by atoms with van der Waals surface area (Å²) in [6.07, 6.45) is 1.76. The summed E-state index contributed by atoms with van der Waals surface area (Å²) in [6, 6.07) is 10.9. The zero-order chi connectivity index (χ0) is 18.0. The largest absolute Gasteiger partial charge is 0.322 e. The van der Waals surface area contributed by atoms with Crippen LogP contribution in [0.3, 0.4) is 0 Å². The highest BCUT2D eigenvalue weighted by Crippen LogP contribution is 2.26. The van der Waals surface area contributed by atoms with E-state index in [1.54, 1.807) is 30.3 Å². The van der Waals surface area contributed by atoms with Crippen molar-refractivity contribution in [2.45, 2.75) is 17.7 Å². The van der Waals surface area contributed by atoms with Crippen molar-refractivity contribution in [1.82, 2.24) is 4.31 Å². The van der Waals surface area contributed by atoms with Gasteiger partial charge in [-0.05, 0) is 49.2 Å². The zero-order valence-electron chi connectivity index (χ0n) is 13.2. The molecule has 1 aliphatic heterocycles. The van der Waals surface area contributed by atoms with Gasteiger partial charge in [0.05, 0.1) is 20.5 Å². The third-order valence-corrected chi connectivity index (χ3v) is 6.55. The monoisotopic (exact) mass is 398 g/mol. The normalized spacial score (nSPS) is 15.3. The van der Waals surface area contributed by atoms with Crippen molar-refractivity contribution in [1.29, 1.82) is 0 Å². The third kappa shape index (κ3) is 3.82. The van der Waals surface area contributed by atoms with E-state index in [0.29, 0.717) is 18.8 Å². The molecule has 0 aliphatic carbocycles. The summed E-state index contributed by atoms with van der Waals surface area (Å²) in [5.41, 5.74) is 0.640. The summed E-state index contributed by atoms with van der Waals surface area (Å²) in [4.78, 5) is 12.6. The van der Waals surface area contributed by atoms with Crippen LogP contribution in [-0.4, -0.2) is 31.7 Å². The van der Waals surface area contributed by atoms with Crippen LogP contribution in [-0.2, 0) is 10.0 Å². The van der Waals surface area contributed by atoms with Crippen LogP contribution in [0.15, 0.2) is 47.4 Å². The van der Waals surface area contributed by atoms with E-state index in [4.69, 9.17) is 23.2 Å². The molecule has 1 saturated heterocycles. The fourth-order valence-electron chi connectivity index (χ4n) is 2.70. The van der Waals surface area contributed by atoms with E-state index in [-0.39, 0.29) is 20.5 Å². The lowest BCUT2D eigenvalue weighted by Gasteiger charge is -2.15. The molecule has 132 valence electrons. The molecule has 0 radical (unpaired) electrons. The molecule has 2 aromatic carbocycles. The average Bonchev–Trinajstić information content (AvgIpc) is 3.10. The summed E-state index contributed by atoms with van der Waals surface area (Å²) < 4.78 is 26.4. The minimum absolute atomic E-state index is 0.180. The highest BCUT2D eigenvalue weighted by atomic mass is 35.5. The van der Waals surface area contributed by atoms with Crippen molar-refractivity contribution < 1.29 is 13.2 Å². The Kier molecular flexibility index (Phi) is 5.34. The van der Waals surface area contributed by atoms with E-state index in [2.05, 4.69) is 5.32 Å². The van der Waals surface area contributed by atoms with Gasteiger partial charge >= 0.3 is 0 Å². The minimum Gasteiger partial charge on any atom is -0.322 e. The molecule has 2 aromatic rings. The number of carbonyl (C=O) groups excluding carboxylic acids is 1. The molecule has 5 nitrogen and oxygen atoms in total. The lowest BCUT2D eigenvalue weighted by molar-refractivity contribution is 0.102. The number of carbonyl (C=O) groups is 1. The smallest absolute Gasteiger partial charge is 0.258 e. The molecule has 0 saturated carbocycles. The number of hydrogen-bond acceptors (Lipinski definition) is 3. The molecule has 0 atom stereocenters. The zero-order valence-corrected chi connectivity index (χ0v) is 15.5. The van der Waals surface area contributed by atoms with E-state index in [1.165, 1.54) is 16.4 Å². The summed E-state index contributed by atoms with van der Waals surface area (Å²) in [6.45, 7) is 1.09. The van der Waals surface area contributed by atoms with Gasteiger partial charge in [-0.3, -0.25) is 4.79 Å². The Labute approximate surface area is 156 Å². The maximum absolute atomic E-state index is 12.5. The first kappa shape index (κ1) is 18.2. The van der Waals surface area contributed by atoms with Crippen LogP contribution >= 0.6 is 23.2 Å². The van der Waals surface area contributed by atoms with Crippen LogP contribution in [0, 0.1) is 0 Å². The summed E-state index contributed by atoms with van der Waals surface area (Å²) in [5, 5.41) is 3.17. The number of anilines is 1. The standard InChI is InChI=1S/C17H16Cl2N2O3S/c18-14-4-3-5-15(19)16(14)17(22)20-12-6-8-13(9-7-12)25(23,24)21-10-1-2-11-21/h3-9H,1-2,10-11H2,(H,20,22). The first-order valence-corrected chi connectivity index (χ1v) is 9.95. The number of hydrogen-bond donors (Lipinski definition) is 1. The van der Waals surface area contributed by atoms with E-state index in [1.807, 2.05) is 0 Å². The molecule has 0 unspecified atom stereocenters. The second kappa shape index (κ2) is 7.33. The van der Waals surface area contributed by atoms with Gasteiger partial charge in [-0.25, -0.2) is 8.42 Å². The Morgan fingerprint density at radius 3 is 2.08 bits per heavy atom. The number of amides is 1. The van der Waals surface area contributed by atoms with E-state index >= 15 is 0 Å². The molecule has 3 rings (SSSR count). The van der Waals surface area contributed by atoms with Crippen molar-refractivity contribution in [2.75, 3.05) is 18.4 Å². The Morgan fingerprint density at radius 2 is 1.52 bits per heavy atom. The van der Waals surface area contributed by atoms with Gasteiger partial charge in [-0.1, -0.05) is 29.3 Å². The van der Waals surface area contributed by atoms with Gasteiger partial charge in [0.15, 0.2) is 0 Å². The summed E-state index contributed by atoms with van der Waals surface area (Å²) in [7, 11) is -3.47. The molecule has 1 fully saturated rings. The van der Waals surface area contributed by atoms with Crippen molar-refractivity contribution in [3.05, 3.63) is 58.1 Å². The quantitative estimate of drug-likeness (QED) is 0.844. The topological polar surface area (TPSA) is 66.5 Å². The SMILES string of the molecule is O=C(Nc1ccc(S(=O)(=O)N2CCCC2)cc1)c1c(Cl)cccc1Cl. The van der Waals surface area contributed by atoms with Crippen LogP contribution in [0.5, 0.6) is 0 Å². The van der Waals surface area contributed by atoms with Crippen LogP contribution in [0.1, 0.15) is 23.2 Å². The molecular formula is C17H16Cl2N2O3S. The number of nitrogens with zero attached hydrogens (tertiary/aromatic N) is 1. The predicted molar refractivity (Wildman–Crippen MR) is 98.9 cm³/mol. The molecule has 1 amide bonds. The van der Waals surface area contributed by atoms with Gasteiger partial charge in [0.2, 0.25) is 10.0 Å². The van der Waals surface area contributed by atoms with Gasteiger partial charge in [-0.2, -0.15) is 4.31 Å². The number of nitrogens with one attached hydrogen (secondary N) is 1. The van der Waals surface area contributed by atoms with Crippen LogP contribution in [0.25, 0.3) is 0 Å². The number of sulfonamides is 1. The molecule has 0 bridgehead atoms. The Hall–Kier alpha value is -1.60. The van der Waals surface area contributed by atoms with Gasteiger partial charge in [0, 0.05) is 18.8 Å². The number of benzene rings is 2. The lowest BCUT2D eigenvalue weighted by atomic mass is 10.2. The Balaban J connectivity index is 1.78. The van der Waals surface area contributed by atoms with E-state index in [0.717, 1.165) is 12.8 Å². The fourth-order valence-corrected chi connectivity index (χ4v) is 4.78. The molecule has 8 heteroatoms. The Morgan fingerprint density at radius 1 is 0.960 bits per heavy atom. The van der Waals surface area contributed by atoms with Crippen LogP contribution < -0.4 is 5.32 Å². The van der Waals surface area contributed by atoms with E-state index in [9.17, 15) is 13.2 Å².